The summed E-state index contributed by atoms with van der Waals surface area (Å²) in [5.74, 6) is -0.800. The second kappa shape index (κ2) is 7.45. The molecule has 2 aromatic heterocycles. The number of carboxylic acid groups (broad SMARTS) is 1. The average molecular weight is 307 g/mol. The van der Waals surface area contributed by atoms with Gasteiger partial charge in [0.25, 0.3) is 0 Å². The smallest absolute Gasteiger partial charge is 0.313 e. The Bertz CT molecular complexity index is 625. The van der Waals surface area contributed by atoms with Crippen LogP contribution in [0.1, 0.15) is 38.2 Å². The molecule has 0 spiro atoms. The summed E-state index contributed by atoms with van der Waals surface area (Å²) in [6, 6.07) is 1.93. The molecule has 0 saturated carbocycles. The summed E-state index contributed by atoms with van der Waals surface area (Å²) in [4.78, 5) is 19.8. The topological polar surface area (TPSA) is 68.0 Å². The van der Waals surface area contributed by atoms with Crippen molar-refractivity contribution in [2.75, 3.05) is 5.75 Å². The largest absolute Gasteiger partial charge is 0.481 e. The molecule has 2 aromatic rings. The van der Waals surface area contributed by atoms with Gasteiger partial charge in [-0.2, -0.15) is 0 Å². The number of aryl methyl sites for hydroxylation is 2. The van der Waals surface area contributed by atoms with Crippen molar-refractivity contribution in [2.45, 2.75) is 51.2 Å². The maximum atomic E-state index is 10.8. The van der Waals surface area contributed by atoms with Crippen LogP contribution in [0.5, 0.6) is 0 Å². The number of fused-ring (bicyclic) bond motifs is 1. The van der Waals surface area contributed by atoms with Crippen molar-refractivity contribution in [1.82, 2.24) is 14.5 Å². The molecule has 21 heavy (non-hydrogen) atoms. The summed E-state index contributed by atoms with van der Waals surface area (Å²) < 4.78 is 2.06. The number of aliphatic carboxylic acids is 1. The summed E-state index contributed by atoms with van der Waals surface area (Å²) in [6.07, 6.45) is 6.44. The Morgan fingerprint density at radius 2 is 2.19 bits per heavy atom. The Morgan fingerprint density at radius 1 is 1.38 bits per heavy atom. The van der Waals surface area contributed by atoms with Crippen LogP contribution in [0.15, 0.2) is 17.4 Å². The first-order valence-corrected chi connectivity index (χ1v) is 8.28. The minimum Gasteiger partial charge on any atom is -0.481 e. The molecular formula is C15H21N3O2S. The van der Waals surface area contributed by atoms with Gasteiger partial charge in [-0.25, -0.2) is 9.97 Å². The number of rotatable bonds is 8. The lowest BCUT2D eigenvalue weighted by molar-refractivity contribution is -0.133. The van der Waals surface area contributed by atoms with E-state index in [1.54, 1.807) is 6.20 Å². The van der Waals surface area contributed by atoms with Crippen LogP contribution in [0.4, 0.5) is 0 Å². The monoisotopic (exact) mass is 307 g/mol. The Hall–Kier alpha value is -1.56. The molecule has 2 rings (SSSR count). The van der Waals surface area contributed by atoms with Gasteiger partial charge in [-0.05, 0) is 25.0 Å². The summed E-state index contributed by atoms with van der Waals surface area (Å²) in [7, 11) is 0. The van der Waals surface area contributed by atoms with Crippen LogP contribution in [0.3, 0.4) is 0 Å². The number of pyridine rings is 1. The van der Waals surface area contributed by atoms with E-state index in [0.717, 1.165) is 34.8 Å². The Kier molecular flexibility index (Phi) is 5.61. The number of hydrogen-bond acceptors (Lipinski definition) is 4. The second-order valence-electron chi connectivity index (χ2n) is 5.09. The molecule has 0 aliphatic heterocycles. The van der Waals surface area contributed by atoms with E-state index in [1.807, 2.05) is 13.0 Å². The fourth-order valence-corrected chi connectivity index (χ4v) is 3.00. The summed E-state index contributed by atoms with van der Waals surface area (Å²) in [5, 5.41) is 9.62. The number of imidazole rings is 1. The van der Waals surface area contributed by atoms with Crippen molar-refractivity contribution >= 4 is 28.9 Å². The Balaban J connectivity index is 2.26. The van der Waals surface area contributed by atoms with E-state index in [9.17, 15) is 4.79 Å². The van der Waals surface area contributed by atoms with Gasteiger partial charge in [-0.1, -0.05) is 37.9 Å². The first-order valence-electron chi connectivity index (χ1n) is 7.30. The summed E-state index contributed by atoms with van der Waals surface area (Å²) in [6.45, 7) is 5.03. The molecule has 0 amide bonds. The number of hydrogen-bond donors (Lipinski definition) is 1. The van der Waals surface area contributed by atoms with Gasteiger partial charge in [-0.15, -0.1) is 0 Å². The zero-order chi connectivity index (χ0) is 15.2. The van der Waals surface area contributed by atoms with Gasteiger partial charge in [0.1, 0.15) is 5.52 Å². The lowest BCUT2D eigenvalue weighted by atomic mass is 10.2. The SMILES string of the molecule is CCCCCCn1c(SCC(=O)O)nc2c(C)ccnc21. The second-order valence-corrected chi connectivity index (χ2v) is 6.03. The predicted octanol–water partition coefficient (Wildman–Crippen LogP) is 3.50. The molecular weight excluding hydrogens is 286 g/mol. The molecule has 0 aliphatic carbocycles. The van der Waals surface area contributed by atoms with E-state index in [4.69, 9.17) is 5.11 Å². The molecule has 114 valence electrons. The number of carbonyl (C=O) groups is 1. The van der Waals surface area contributed by atoms with Gasteiger partial charge in [-0.3, -0.25) is 4.79 Å². The van der Waals surface area contributed by atoms with Crippen molar-refractivity contribution in [3.63, 3.8) is 0 Å². The van der Waals surface area contributed by atoms with Gasteiger partial charge in [0.05, 0.1) is 5.75 Å². The normalized spacial score (nSPS) is 11.1. The molecule has 0 fully saturated rings. The van der Waals surface area contributed by atoms with Gasteiger partial charge in [0.15, 0.2) is 10.8 Å². The van der Waals surface area contributed by atoms with Crippen LogP contribution < -0.4 is 0 Å². The third-order valence-electron chi connectivity index (χ3n) is 3.36. The van der Waals surface area contributed by atoms with Crippen LogP contribution >= 0.6 is 11.8 Å². The molecule has 2 heterocycles. The lowest BCUT2D eigenvalue weighted by Gasteiger charge is -2.07. The third kappa shape index (κ3) is 3.97. The standard InChI is InChI=1S/C15H21N3O2S/c1-3-4-5-6-9-18-14-13(11(2)7-8-16-14)17-15(18)21-10-12(19)20/h7-8H,3-6,9-10H2,1-2H3,(H,19,20). The summed E-state index contributed by atoms with van der Waals surface area (Å²) in [5.41, 5.74) is 2.81. The third-order valence-corrected chi connectivity index (χ3v) is 4.32. The van der Waals surface area contributed by atoms with E-state index >= 15 is 0 Å². The van der Waals surface area contributed by atoms with E-state index in [0.29, 0.717) is 0 Å². The van der Waals surface area contributed by atoms with E-state index in [2.05, 4.69) is 21.5 Å². The number of nitrogens with zero attached hydrogens (tertiary/aromatic N) is 3. The highest BCUT2D eigenvalue weighted by Crippen LogP contribution is 2.25. The van der Waals surface area contributed by atoms with Gasteiger partial charge in [0.2, 0.25) is 0 Å². The maximum absolute atomic E-state index is 10.8. The first kappa shape index (κ1) is 15.8. The molecule has 6 heteroatoms. The summed E-state index contributed by atoms with van der Waals surface area (Å²) >= 11 is 1.27. The van der Waals surface area contributed by atoms with Crippen molar-refractivity contribution in [3.8, 4) is 0 Å². The number of carboxylic acids is 1. The van der Waals surface area contributed by atoms with Crippen molar-refractivity contribution in [3.05, 3.63) is 17.8 Å². The van der Waals surface area contributed by atoms with Crippen LogP contribution in [0.25, 0.3) is 11.2 Å². The molecule has 0 aromatic carbocycles. The quantitative estimate of drug-likeness (QED) is 0.597. The number of aromatic nitrogens is 3. The minimum atomic E-state index is -0.825. The molecule has 0 atom stereocenters. The van der Waals surface area contributed by atoms with Crippen molar-refractivity contribution in [1.29, 1.82) is 0 Å². The first-order chi connectivity index (χ1) is 10.1. The van der Waals surface area contributed by atoms with E-state index < -0.39 is 5.97 Å². The van der Waals surface area contributed by atoms with Crippen LogP contribution in [-0.2, 0) is 11.3 Å². The van der Waals surface area contributed by atoms with E-state index in [1.165, 1.54) is 31.0 Å². The Morgan fingerprint density at radius 3 is 2.90 bits per heavy atom. The molecule has 0 saturated heterocycles. The average Bonchev–Trinajstić information content (AvgIpc) is 2.81. The number of unbranched alkanes of at least 4 members (excludes halogenated alkanes) is 3. The highest BCUT2D eigenvalue weighted by atomic mass is 32.2. The maximum Gasteiger partial charge on any atom is 0.313 e. The zero-order valence-electron chi connectivity index (χ0n) is 12.5. The van der Waals surface area contributed by atoms with Crippen molar-refractivity contribution in [2.24, 2.45) is 0 Å². The zero-order valence-corrected chi connectivity index (χ0v) is 13.3. The van der Waals surface area contributed by atoms with Gasteiger partial charge in [0, 0.05) is 12.7 Å². The molecule has 0 unspecified atom stereocenters. The molecule has 0 bridgehead atoms. The number of thioether (sulfide) groups is 1. The predicted molar refractivity (Wildman–Crippen MR) is 84.8 cm³/mol. The van der Waals surface area contributed by atoms with Crippen LogP contribution in [0.2, 0.25) is 0 Å². The van der Waals surface area contributed by atoms with Crippen LogP contribution in [-0.4, -0.2) is 31.4 Å². The minimum absolute atomic E-state index is 0.0251. The van der Waals surface area contributed by atoms with Gasteiger partial charge < -0.3 is 9.67 Å². The Labute approximate surface area is 128 Å². The molecule has 5 nitrogen and oxygen atoms in total. The fraction of sp³-hybridized carbons (Fsp3) is 0.533. The molecule has 0 radical (unpaired) electrons. The van der Waals surface area contributed by atoms with Crippen molar-refractivity contribution < 1.29 is 9.90 Å². The molecule has 1 N–H and O–H groups in total. The van der Waals surface area contributed by atoms with Crippen LogP contribution in [0, 0.1) is 6.92 Å². The van der Waals surface area contributed by atoms with E-state index in [-0.39, 0.29) is 5.75 Å². The molecule has 0 aliphatic rings. The van der Waals surface area contributed by atoms with Gasteiger partial charge >= 0.3 is 5.97 Å². The highest BCUT2D eigenvalue weighted by molar-refractivity contribution is 7.99. The lowest BCUT2D eigenvalue weighted by Crippen LogP contribution is -2.04. The fourth-order valence-electron chi connectivity index (χ4n) is 2.25. The highest BCUT2D eigenvalue weighted by Gasteiger charge is 2.14.